The van der Waals surface area contributed by atoms with Gasteiger partial charge in [-0.3, -0.25) is 9.78 Å². The molecule has 0 aliphatic carbocycles. The molecule has 1 N–H and O–H groups in total. The van der Waals surface area contributed by atoms with Crippen molar-refractivity contribution in [1.29, 1.82) is 0 Å². The molecule has 0 radical (unpaired) electrons. The average molecular weight is 190 g/mol. The number of nitrogens with zero attached hydrogens (tertiary/aromatic N) is 1. The zero-order valence-electron chi connectivity index (χ0n) is 7.78. The van der Waals surface area contributed by atoms with Crippen molar-refractivity contribution in [2.75, 3.05) is 6.61 Å². The van der Waals surface area contributed by atoms with Gasteiger partial charge in [0.25, 0.3) is 0 Å². The number of carbonyl (C=O) groups is 1. The molecule has 4 nitrogen and oxygen atoms in total. The third-order valence-corrected chi connectivity index (χ3v) is 1.93. The van der Waals surface area contributed by atoms with Gasteiger partial charge in [0.05, 0.1) is 17.8 Å². The molecule has 0 aliphatic heterocycles. The molecule has 0 unspecified atom stereocenters. The van der Waals surface area contributed by atoms with Crippen molar-refractivity contribution in [1.82, 2.24) is 9.97 Å². The summed E-state index contributed by atoms with van der Waals surface area (Å²) in [4.78, 5) is 17.6. The van der Waals surface area contributed by atoms with Gasteiger partial charge in [-0.1, -0.05) is 0 Å². The van der Waals surface area contributed by atoms with Gasteiger partial charge in [0.1, 0.15) is 11.3 Å². The summed E-state index contributed by atoms with van der Waals surface area (Å²) in [5.41, 5.74) is 2.04. The van der Waals surface area contributed by atoms with Crippen LogP contribution in [0.3, 0.4) is 0 Å². The molecule has 14 heavy (non-hydrogen) atoms. The molecular weight excluding hydrogens is 180 g/mol. The summed E-state index contributed by atoms with van der Waals surface area (Å²) in [6.07, 6.45) is 2.42. The van der Waals surface area contributed by atoms with E-state index in [4.69, 9.17) is 4.74 Å². The lowest BCUT2D eigenvalue weighted by atomic mass is 10.3. The van der Waals surface area contributed by atoms with E-state index in [-0.39, 0.29) is 0 Å². The Bertz CT molecular complexity index is 462. The Hall–Kier alpha value is -1.84. The first-order valence-corrected chi connectivity index (χ1v) is 4.41. The van der Waals surface area contributed by atoms with Crippen LogP contribution in [0.15, 0.2) is 18.3 Å². The van der Waals surface area contributed by atoms with Crippen LogP contribution in [0.4, 0.5) is 0 Å². The highest BCUT2D eigenvalue weighted by atomic mass is 16.5. The van der Waals surface area contributed by atoms with Gasteiger partial charge in [-0.25, -0.2) is 0 Å². The molecule has 0 aliphatic rings. The first-order chi connectivity index (χ1) is 6.85. The van der Waals surface area contributed by atoms with Crippen LogP contribution in [0.25, 0.3) is 11.0 Å². The molecule has 4 heteroatoms. The van der Waals surface area contributed by atoms with Crippen LogP contribution >= 0.6 is 0 Å². The van der Waals surface area contributed by atoms with Gasteiger partial charge in [0.15, 0.2) is 6.29 Å². The van der Waals surface area contributed by atoms with Crippen molar-refractivity contribution in [2.24, 2.45) is 0 Å². The van der Waals surface area contributed by atoms with Crippen LogP contribution in [-0.4, -0.2) is 22.9 Å². The summed E-state index contributed by atoms with van der Waals surface area (Å²) in [7, 11) is 0. The van der Waals surface area contributed by atoms with E-state index in [1.54, 1.807) is 18.3 Å². The Morgan fingerprint density at radius 3 is 3.21 bits per heavy atom. The standard InChI is InChI=1S/C10H10N2O2/c1-2-14-9-3-4-11-8-5-7(6-13)12-10(8)9/h3-6,12H,2H2,1H3. The number of rotatable bonds is 3. The summed E-state index contributed by atoms with van der Waals surface area (Å²) in [6.45, 7) is 2.50. The van der Waals surface area contributed by atoms with E-state index in [0.29, 0.717) is 12.3 Å². The fourth-order valence-corrected chi connectivity index (χ4v) is 1.36. The Balaban J connectivity index is 2.60. The molecule has 0 spiro atoms. The van der Waals surface area contributed by atoms with E-state index in [0.717, 1.165) is 23.1 Å². The van der Waals surface area contributed by atoms with Crippen LogP contribution in [0.5, 0.6) is 5.75 Å². The topological polar surface area (TPSA) is 55.0 Å². The molecule has 0 saturated heterocycles. The molecule has 0 amide bonds. The van der Waals surface area contributed by atoms with E-state index in [1.807, 2.05) is 6.92 Å². The average Bonchev–Trinajstić information content (AvgIpc) is 2.62. The summed E-state index contributed by atoms with van der Waals surface area (Å²) in [6, 6.07) is 3.47. The lowest BCUT2D eigenvalue weighted by Gasteiger charge is -2.02. The predicted octanol–water partition coefficient (Wildman–Crippen LogP) is 1.77. The normalized spacial score (nSPS) is 10.4. The second-order valence-electron chi connectivity index (χ2n) is 2.84. The number of fused-ring (bicyclic) bond motifs is 1. The Kier molecular flexibility index (Phi) is 2.18. The summed E-state index contributed by atoms with van der Waals surface area (Å²) in [5, 5.41) is 0. The first kappa shape index (κ1) is 8.74. The monoisotopic (exact) mass is 190 g/mol. The van der Waals surface area contributed by atoms with E-state index >= 15 is 0 Å². The van der Waals surface area contributed by atoms with Crippen LogP contribution < -0.4 is 4.74 Å². The number of hydrogen-bond acceptors (Lipinski definition) is 3. The molecule has 72 valence electrons. The molecule has 0 aromatic carbocycles. The zero-order valence-corrected chi connectivity index (χ0v) is 7.78. The van der Waals surface area contributed by atoms with Gasteiger partial charge in [-0.05, 0) is 13.0 Å². The Labute approximate surface area is 80.9 Å². The summed E-state index contributed by atoms with van der Waals surface area (Å²) in [5.74, 6) is 0.727. The Morgan fingerprint density at radius 1 is 1.64 bits per heavy atom. The van der Waals surface area contributed by atoms with Crippen molar-refractivity contribution >= 4 is 17.3 Å². The van der Waals surface area contributed by atoms with Crippen molar-refractivity contribution in [2.45, 2.75) is 6.92 Å². The molecular formula is C10H10N2O2. The van der Waals surface area contributed by atoms with Crippen LogP contribution in [0, 0.1) is 0 Å². The summed E-state index contributed by atoms with van der Waals surface area (Å²) >= 11 is 0. The van der Waals surface area contributed by atoms with E-state index in [9.17, 15) is 4.79 Å². The van der Waals surface area contributed by atoms with Crippen molar-refractivity contribution < 1.29 is 9.53 Å². The number of aromatic amines is 1. The minimum absolute atomic E-state index is 0.514. The van der Waals surface area contributed by atoms with Crippen molar-refractivity contribution in [3.8, 4) is 5.75 Å². The molecule has 0 fully saturated rings. The number of carbonyl (C=O) groups excluding carboxylic acids is 1. The van der Waals surface area contributed by atoms with Crippen LogP contribution in [0.1, 0.15) is 17.4 Å². The van der Waals surface area contributed by atoms with E-state index < -0.39 is 0 Å². The van der Waals surface area contributed by atoms with Gasteiger partial charge < -0.3 is 9.72 Å². The van der Waals surface area contributed by atoms with Crippen LogP contribution in [-0.2, 0) is 0 Å². The number of ether oxygens (including phenoxy) is 1. The molecule has 2 aromatic heterocycles. The Morgan fingerprint density at radius 2 is 2.50 bits per heavy atom. The van der Waals surface area contributed by atoms with Gasteiger partial charge in [0, 0.05) is 12.3 Å². The largest absolute Gasteiger partial charge is 0.492 e. The molecule has 2 aromatic rings. The quantitative estimate of drug-likeness (QED) is 0.750. The highest BCUT2D eigenvalue weighted by Crippen LogP contribution is 2.22. The first-order valence-electron chi connectivity index (χ1n) is 4.41. The highest BCUT2D eigenvalue weighted by molar-refractivity contribution is 5.88. The fraction of sp³-hybridized carbons (Fsp3) is 0.200. The van der Waals surface area contributed by atoms with Gasteiger partial charge in [-0.2, -0.15) is 0 Å². The second-order valence-corrected chi connectivity index (χ2v) is 2.84. The van der Waals surface area contributed by atoms with Crippen LogP contribution in [0.2, 0.25) is 0 Å². The molecule has 2 heterocycles. The minimum atomic E-state index is 0.514. The van der Waals surface area contributed by atoms with Gasteiger partial charge in [-0.15, -0.1) is 0 Å². The van der Waals surface area contributed by atoms with E-state index in [2.05, 4.69) is 9.97 Å². The second kappa shape index (κ2) is 3.49. The van der Waals surface area contributed by atoms with Crippen molar-refractivity contribution in [3.05, 3.63) is 24.0 Å². The number of hydrogen-bond donors (Lipinski definition) is 1. The third kappa shape index (κ3) is 1.35. The number of H-pyrrole nitrogens is 1. The maximum atomic E-state index is 10.5. The number of aldehydes is 1. The summed E-state index contributed by atoms with van der Waals surface area (Å²) < 4.78 is 5.39. The van der Waals surface area contributed by atoms with Crippen molar-refractivity contribution in [3.63, 3.8) is 0 Å². The van der Waals surface area contributed by atoms with Gasteiger partial charge in [0.2, 0.25) is 0 Å². The lowest BCUT2D eigenvalue weighted by molar-refractivity contribution is 0.112. The molecule has 0 saturated carbocycles. The maximum Gasteiger partial charge on any atom is 0.166 e. The maximum absolute atomic E-state index is 10.5. The zero-order chi connectivity index (χ0) is 9.97. The molecule has 0 atom stereocenters. The minimum Gasteiger partial charge on any atom is -0.492 e. The predicted molar refractivity (Wildman–Crippen MR) is 52.7 cm³/mol. The number of pyridine rings is 1. The molecule has 2 rings (SSSR count). The molecule has 0 bridgehead atoms. The van der Waals surface area contributed by atoms with E-state index in [1.165, 1.54) is 0 Å². The number of nitrogens with one attached hydrogen (secondary N) is 1. The lowest BCUT2D eigenvalue weighted by Crippen LogP contribution is -1.92. The van der Waals surface area contributed by atoms with Gasteiger partial charge >= 0.3 is 0 Å². The fourth-order valence-electron chi connectivity index (χ4n) is 1.36. The third-order valence-electron chi connectivity index (χ3n) is 1.93. The smallest absolute Gasteiger partial charge is 0.166 e. The highest BCUT2D eigenvalue weighted by Gasteiger charge is 2.05. The number of aromatic nitrogens is 2. The SMILES string of the molecule is CCOc1ccnc2cc(C=O)[nH]c12.